The molecule has 1 atom stereocenters. The van der Waals surface area contributed by atoms with E-state index in [2.05, 4.69) is 5.73 Å². The molecule has 5 nitrogen and oxygen atoms in total. The maximum absolute atomic E-state index is 10.9. The van der Waals surface area contributed by atoms with E-state index in [1.807, 2.05) is 0 Å². The smallest absolute Gasteiger partial charge is 0.306 e. The van der Waals surface area contributed by atoms with Gasteiger partial charge in [-0.05, 0) is 12.5 Å². The van der Waals surface area contributed by atoms with Gasteiger partial charge in [-0.25, -0.2) is 0 Å². The molecule has 5 heteroatoms. The first kappa shape index (κ1) is 12.3. The van der Waals surface area contributed by atoms with Crippen molar-refractivity contribution in [2.75, 3.05) is 13.9 Å². The monoisotopic (exact) mass is 250 g/mol. The molecule has 0 spiro atoms. The Hall–Kier alpha value is -2.13. The molecular formula is C13H14O5. The fourth-order valence-electron chi connectivity index (χ4n) is 1.71. The molecule has 0 aromatic rings. The lowest BCUT2D eigenvalue weighted by Gasteiger charge is -2.10. The van der Waals surface area contributed by atoms with Crippen molar-refractivity contribution in [3.63, 3.8) is 0 Å². The lowest BCUT2D eigenvalue weighted by atomic mass is 10.0. The van der Waals surface area contributed by atoms with Gasteiger partial charge in [-0.2, -0.15) is 0 Å². The quantitative estimate of drug-likeness (QED) is 0.772. The molecule has 96 valence electrons. The first-order valence-corrected chi connectivity index (χ1v) is 5.56. The molecule has 1 fully saturated rings. The predicted octanol–water partition coefficient (Wildman–Crippen LogP) is 1.94. The standard InChI is InChI=1S/C13H14O5/c1-8(13(14)15)5-9-3-4-10-12(18-7-17-10)6-11(9)16-2/h3,6,8H,5,7H2,1-2H3,(H,14,15). The van der Waals surface area contributed by atoms with Crippen molar-refractivity contribution in [3.05, 3.63) is 40.7 Å². The van der Waals surface area contributed by atoms with Crippen LogP contribution in [0, 0.1) is 5.92 Å². The van der Waals surface area contributed by atoms with Gasteiger partial charge in [-0.3, -0.25) is 4.79 Å². The second-order valence-electron chi connectivity index (χ2n) is 4.07. The lowest BCUT2D eigenvalue weighted by molar-refractivity contribution is -0.141. The minimum atomic E-state index is -0.844. The van der Waals surface area contributed by atoms with E-state index in [9.17, 15) is 4.79 Å². The first-order chi connectivity index (χ1) is 8.61. The van der Waals surface area contributed by atoms with Gasteiger partial charge in [0.1, 0.15) is 5.76 Å². The molecule has 0 saturated carbocycles. The van der Waals surface area contributed by atoms with Gasteiger partial charge in [0.25, 0.3) is 0 Å². The lowest BCUT2D eigenvalue weighted by Crippen LogP contribution is -2.10. The third-order valence-electron chi connectivity index (χ3n) is 2.77. The second-order valence-corrected chi connectivity index (χ2v) is 4.07. The van der Waals surface area contributed by atoms with Crippen molar-refractivity contribution in [2.24, 2.45) is 5.92 Å². The molecule has 0 aromatic carbocycles. The molecule has 0 radical (unpaired) electrons. The van der Waals surface area contributed by atoms with Gasteiger partial charge in [-0.15, -0.1) is 0 Å². The minimum absolute atomic E-state index is 0.167. The maximum atomic E-state index is 10.9. The highest BCUT2D eigenvalue weighted by Crippen LogP contribution is 2.28. The normalized spacial score (nSPS) is 19.0. The number of carboxylic acid groups (broad SMARTS) is 1. The van der Waals surface area contributed by atoms with E-state index in [-0.39, 0.29) is 6.79 Å². The Bertz CT molecular complexity index is 492. The number of fused-ring (bicyclic) bond motifs is 1. The number of hydrogen-bond acceptors (Lipinski definition) is 4. The molecule has 1 unspecified atom stereocenters. The average molecular weight is 250 g/mol. The van der Waals surface area contributed by atoms with Crippen LogP contribution in [0.15, 0.2) is 40.7 Å². The van der Waals surface area contributed by atoms with Gasteiger partial charge in [0.2, 0.25) is 12.6 Å². The van der Waals surface area contributed by atoms with Crippen molar-refractivity contribution in [1.82, 2.24) is 0 Å². The van der Waals surface area contributed by atoms with E-state index in [0.717, 1.165) is 5.57 Å². The molecule has 18 heavy (non-hydrogen) atoms. The van der Waals surface area contributed by atoms with Crippen LogP contribution in [0.1, 0.15) is 13.3 Å². The van der Waals surface area contributed by atoms with E-state index in [1.54, 1.807) is 19.1 Å². The largest absolute Gasteiger partial charge is 0.496 e. The highest BCUT2D eigenvalue weighted by atomic mass is 16.7. The van der Waals surface area contributed by atoms with Crippen LogP contribution in [-0.4, -0.2) is 25.0 Å². The van der Waals surface area contributed by atoms with Crippen LogP contribution in [0.2, 0.25) is 0 Å². The Morgan fingerprint density at radius 3 is 3.06 bits per heavy atom. The number of methoxy groups -OCH3 is 1. The third kappa shape index (κ3) is 2.41. The molecule has 0 amide bonds. The number of hydrogen-bond donors (Lipinski definition) is 1. The van der Waals surface area contributed by atoms with E-state index < -0.39 is 11.9 Å². The Morgan fingerprint density at radius 1 is 1.61 bits per heavy atom. The summed E-state index contributed by atoms with van der Waals surface area (Å²) >= 11 is 0. The number of carboxylic acids is 1. The Balaban J connectivity index is 2.31. The molecule has 1 heterocycles. The van der Waals surface area contributed by atoms with E-state index in [0.29, 0.717) is 23.7 Å². The molecule has 2 rings (SSSR count). The van der Waals surface area contributed by atoms with Crippen molar-refractivity contribution in [2.45, 2.75) is 13.3 Å². The summed E-state index contributed by atoms with van der Waals surface area (Å²) in [6.07, 6.45) is 3.75. The average Bonchev–Trinajstić information content (AvgIpc) is 2.72. The van der Waals surface area contributed by atoms with Crippen molar-refractivity contribution < 1.29 is 24.1 Å². The summed E-state index contributed by atoms with van der Waals surface area (Å²) < 4.78 is 15.7. The summed E-state index contributed by atoms with van der Waals surface area (Å²) in [6.45, 7) is 1.81. The second kappa shape index (κ2) is 5.02. The Kier molecular flexibility index (Phi) is 3.44. The van der Waals surface area contributed by atoms with Gasteiger partial charge in [0.05, 0.1) is 13.0 Å². The van der Waals surface area contributed by atoms with Gasteiger partial charge in [-0.1, -0.05) is 12.7 Å². The van der Waals surface area contributed by atoms with Crippen LogP contribution in [0.25, 0.3) is 0 Å². The van der Waals surface area contributed by atoms with Crippen LogP contribution in [0.4, 0.5) is 0 Å². The summed E-state index contributed by atoms with van der Waals surface area (Å²) in [5.74, 6) is 0.310. The van der Waals surface area contributed by atoms with Gasteiger partial charge in [0, 0.05) is 11.6 Å². The Morgan fingerprint density at radius 2 is 2.39 bits per heavy atom. The SMILES string of the molecule is COC1=C(CC(C)C(=O)O)C=C=C2OCOC2=C1. The summed E-state index contributed by atoms with van der Waals surface area (Å²) in [4.78, 5) is 10.9. The summed E-state index contributed by atoms with van der Waals surface area (Å²) in [5.41, 5.74) is 3.71. The van der Waals surface area contributed by atoms with Gasteiger partial charge >= 0.3 is 5.97 Å². The molecule has 1 saturated heterocycles. The summed E-state index contributed by atoms with van der Waals surface area (Å²) in [7, 11) is 1.53. The van der Waals surface area contributed by atoms with Crippen molar-refractivity contribution in [3.8, 4) is 0 Å². The van der Waals surface area contributed by atoms with Gasteiger partial charge in [0.15, 0.2) is 5.76 Å². The maximum Gasteiger partial charge on any atom is 0.306 e. The molecular weight excluding hydrogens is 236 g/mol. The topological polar surface area (TPSA) is 65.0 Å². The molecule has 2 aliphatic rings. The molecule has 1 aliphatic carbocycles. The van der Waals surface area contributed by atoms with Crippen LogP contribution in [0.3, 0.4) is 0 Å². The highest BCUT2D eigenvalue weighted by Gasteiger charge is 2.21. The van der Waals surface area contributed by atoms with E-state index in [1.165, 1.54) is 7.11 Å². The number of rotatable bonds is 4. The van der Waals surface area contributed by atoms with Crippen molar-refractivity contribution in [1.29, 1.82) is 0 Å². The first-order valence-electron chi connectivity index (χ1n) is 5.56. The highest BCUT2D eigenvalue weighted by molar-refractivity contribution is 5.70. The Labute approximate surface area is 105 Å². The van der Waals surface area contributed by atoms with E-state index in [4.69, 9.17) is 19.3 Å². The third-order valence-corrected chi connectivity index (χ3v) is 2.77. The zero-order valence-electron chi connectivity index (χ0n) is 10.2. The van der Waals surface area contributed by atoms with E-state index >= 15 is 0 Å². The number of aliphatic carboxylic acids is 1. The zero-order chi connectivity index (χ0) is 13.1. The fourth-order valence-corrected chi connectivity index (χ4v) is 1.71. The van der Waals surface area contributed by atoms with Crippen LogP contribution in [-0.2, 0) is 19.0 Å². The van der Waals surface area contributed by atoms with Crippen molar-refractivity contribution >= 4 is 5.97 Å². The number of carbonyl (C=O) groups is 1. The van der Waals surface area contributed by atoms with Crippen LogP contribution < -0.4 is 0 Å². The van der Waals surface area contributed by atoms with Crippen LogP contribution in [0.5, 0.6) is 0 Å². The number of allylic oxidation sites excluding steroid dienone is 2. The predicted molar refractivity (Wildman–Crippen MR) is 62.2 cm³/mol. The van der Waals surface area contributed by atoms with Crippen LogP contribution >= 0.6 is 0 Å². The zero-order valence-corrected chi connectivity index (χ0v) is 10.2. The molecule has 1 N–H and O–H groups in total. The fraction of sp³-hybridized carbons (Fsp3) is 0.385. The minimum Gasteiger partial charge on any atom is -0.496 e. The summed E-state index contributed by atoms with van der Waals surface area (Å²) in [6, 6.07) is 0. The molecule has 0 aromatic heterocycles. The van der Waals surface area contributed by atoms with Gasteiger partial charge < -0.3 is 19.3 Å². The number of ether oxygens (including phenoxy) is 3. The molecule has 0 bridgehead atoms. The summed E-state index contributed by atoms with van der Waals surface area (Å²) in [5, 5.41) is 8.94. The molecule has 1 aliphatic heterocycles.